The Balaban J connectivity index is 1.96. The van der Waals surface area contributed by atoms with Gasteiger partial charge < -0.3 is 14.7 Å². The van der Waals surface area contributed by atoms with Gasteiger partial charge in [0.25, 0.3) is 0 Å². The molecule has 0 aromatic heterocycles. The Labute approximate surface area is 111 Å². The molecule has 1 N–H and O–H groups in total. The van der Waals surface area contributed by atoms with Gasteiger partial charge in [-0.05, 0) is 18.1 Å². The van der Waals surface area contributed by atoms with Gasteiger partial charge in [0, 0.05) is 19.5 Å². The molecule has 0 aliphatic carbocycles. The van der Waals surface area contributed by atoms with Crippen LogP contribution >= 0.6 is 0 Å². The van der Waals surface area contributed by atoms with E-state index in [-0.39, 0.29) is 12.3 Å². The van der Waals surface area contributed by atoms with Crippen LogP contribution in [0.2, 0.25) is 0 Å². The molecule has 1 saturated heterocycles. The Bertz CT molecular complexity index is 486. The van der Waals surface area contributed by atoms with E-state index in [1.54, 1.807) is 12.0 Å². The highest BCUT2D eigenvalue weighted by Gasteiger charge is 2.33. The molecule has 1 amide bonds. The molecule has 0 spiro atoms. The van der Waals surface area contributed by atoms with E-state index in [4.69, 9.17) is 9.84 Å². The molecular formula is C14H17NO4. The standard InChI is InChI=1S/C14H17NO4/c1-19-12-5-3-2-4-10(12)6-7-15-9-11(14(17)18)8-13(15)16/h2-5,11H,6-9H2,1H3,(H,17,18)/t11-/m0/s1. The van der Waals surface area contributed by atoms with Crippen molar-refractivity contribution in [3.63, 3.8) is 0 Å². The number of hydrogen-bond acceptors (Lipinski definition) is 3. The highest BCUT2D eigenvalue weighted by Crippen LogP contribution is 2.21. The molecule has 0 bridgehead atoms. The minimum Gasteiger partial charge on any atom is -0.496 e. The molecule has 5 heteroatoms. The zero-order valence-electron chi connectivity index (χ0n) is 10.8. The van der Waals surface area contributed by atoms with Crippen LogP contribution in [0.3, 0.4) is 0 Å². The Morgan fingerprint density at radius 2 is 2.21 bits per heavy atom. The van der Waals surface area contributed by atoms with E-state index in [0.717, 1.165) is 11.3 Å². The molecule has 1 atom stereocenters. The number of carbonyl (C=O) groups is 2. The average molecular weight is 263 g/mol. The van der Waals surface area contributed by atoms with Crippen molar-refractivity contribution in [2.75, 3.05) is 20.2 Å². The van der Waals surface area contributed by atoms with E-state index in [9.17, 15) is 9.59 Å². The fourth-order valence-corrected chi connectivity index (χ4v) is 2.32. The van der Waals surface area contributed by atoms with Gasteiger partial charge in [-0.15, -0.1) is 0 Å². The molecule has 1 aromatic carbocycles. The molecular weight excluding hydrogens is 246 g/mol. The maximum absolute atomic E-state index is 11.7. The fourth-order valence-electron chi connectivity index (χ4n) is 2.32. The van der Waals surface area contributed by atoms with E-state index < -0.39 is 11.9 Å². The van der Waals surface area contributed by atoms with Crippen LogP contribution in [0.1, 0.15) is 12.0 Å². The van der Waals surface area contributed by atoms with E-state index in [0.29, 0.717) is 19.5 Å². The number of amides is 1. The summed E-state index contributed by atoms with van der Waals surface area (Å²) in [6.45, 7) is 0.840. The molecule has 1 aliphatic heterocycles. The molecule has 1 heterocycles. The third-order valence-electron chi connectivity index (χ3n) is 3.41. The molecule has 5 nitrogen and oxygen atoms in total. The molecule has 19 heavy (non-hydrogen) atoms. The summed E-state index contributed by atoms with van der Waals surface area (Å²) < 4.78 is 5.25. The number of benzene rings is 1. The summed E-state index contributed by atoms with van der Waals surface area (Å²) in [5.74, 6) is -0.746. The lowest BCUT2D eigenvalue weighted by molar-refractivity contribution is -0.141. The van der Waals surface area contributed by atoms with Crippen molar-refractivity contribution in [1.29, 1.82) is 0 Å². The van der Waals surface area contributed by atoms with Gasteiger partial charge in [0.05, 0.1) is 13.0 Å². The van der Waals surface area contributed by atoms with Crippen molar-refractivity contribution >= 4 is 11.9 Å². The third-order valence-corrected chi connectivity index (χ3v) is 3.41. The molecule has 0 unspecified atom stereocenters. The zero-order valence-corrected chi connectivity index (χ0v) is 10.8. The first-order valence-electron chi connectivity index (χ1n) is 6.24. The quantitative estimate of drug-likeness (QED) is 0.866. The Morgan fingerprint density at radius 1 is 1.47 bits per heavy atom. The van der Waals surface area contributed by atoms with Gasteiger partial charge in [0.2, 0.25) is 5.91 Å². The molecule has 102 valence electrons. The molecule has 0 saturated carbocycles. The minimum atomic E-state index is -0.895. The number of hydrogen-bond donors (Lipinski definition) is 1. The summed E-state index contributed by atoms with van der Waals surface area (Å²) in [5, 5.41) is 8.92. The number of carbonyl (C=O) groups excluding carboxylic acids is 1. The van der Waals surface area contributed by atoms with Crippen molar-refractivity contribution in [1.82, 2.24) is 4.90 Å². The number of carboxylic acids is 1. The molecule has 0 radical (unpaired) electrons. The van der Waals surface area contributed by atoms with E-state index in [1.807, 2.05) is 24.3 Å². The van der Waals surface area contributed by atoms with Gasteiger partial charge in [0.15, 0.2) is 0 Å². The molecule has 1 aliphatic rings. The highest BCUT2D eigenvalue weighted by atomic mass is 16.5. The first kappa shape index (κ1) is 13.4. The predicted octanol–water partition coefficient (Wildman–Crippen LogP) is 1.17. The lowest BCUT2D eigenvalue weighted by Gasteiger charge is -2.16. The number of para-hydroxylation sites is 1. The summed E-state index contributed by atoms with van der Waals surface area (Å²) >= 11 is 0. The smallest absolute Gasteiger partial charge is 0.308 e. The summed E-state index contributed by atoms with van der Waals surface area (Å²) in [7, 11) is 1.61. The van der Waals surface area contributed by atoms with Crippen LogP contribution in [0.4, 0.5) is 0 Å². The van der Waals surface area contributed by atoms with Crippen LogP contribution in [0, 0.1) is 5.92 Å². The maximum Gasteiger partial charge on any atom is 0.308 e. The lowest BCUT2D eigenvalue weighted by atomic mass is 10.1. The van der Waals surface area contributed by atoms with E-state index in [1.165, 1.54) is 0 Å². The molecule has 1 fully saturated rings. The lowest BCUT2D eigenvalue weighted by Crippen LogP contribution is -2.28. The molecule has 1 aromatic rings. The van der Waals surface area contributed by atoms with Crippen molar-refractivity contribution < 1.29 is 19.4 Å². The first-order chi connectivity index (χ1) is 9.11. The SMILES string of the molecule is COc1ccccc1CCN1C[C@@H](C(=O)O)CC1=O. The summed E-state index contributed by atoms with van der Waals surface area (Å²) in [5.41, 5.74) is 1.02. The second-order valence-electron chi connectivity index (χ2n) is 4.64. The van der Waals surface area contributed by atoms with Crippen LogP contribution < -0.4 is 4.74 Å². The Hall–Kier alpha value is -2.04. The van der Waals surface area contributed by atoms with Crippen LogP contribution in [0.25, 0.3) is 0 Å². The summed E-state index contributed by atoms with van der Waals surface area (Å²) in [6, 6.07) is 7.64. The number of methoxy groups -OCH3 is 1. The highest BCUT2D eigenvalue weighted by molar-refractivity contribution is 5.86. The predicted molar refractivity (Wildman–Crippen MR) is 69.0 cm³/mol. The first-order valence-corrected chi connectivity index (χ1v) is 6.24. The largest absolute Gasteiger partial charge is 0.496 e. The van der Waals surface area contributed by atoms with Gasteiger partial charge in [-0.1, -0.05) is 18.2 Å². The third kappa shape index (κ3) is 3.05. The average Bonchev–Trinajstić information content (AvgIpc) is 2.78. The fraction of sp³-hybridized carbons (Fsp3) is 0.429. The number of ether oxygens (including phenoxy) is 1. The van der Waals surface area contributed by atoms with Gasteiger partial charge in [-0.25, -0.2) is 0 Å². The Kier molecular flexibility index (Phi) is 4.04. The van der Waals surface area contributed by atoms with Gasteiger partial charge >= 0.3 is 5.97 Å². The van der Waals surface area contributed by atoms with Crippen molar-refractivity contribution in [2.24, 2.45) is 5.92 Å². The second-order valence-corrected chi connectivity index (χ2v) is 4.64. The second kappa shape index (κ2) is 5.73. The number of nitrogens with zero attached hydrogens (tertiary/aromatic N) is 1. The zero-order chi connectivity index (χ0) is 13.8. The van der Waals surface area contributed by atoms with Gasteiger partial charge in [-0.2, -0.15) is 0 Å². The maximum atomic E-state index is 11.7. The number of aliphatic carboxylic acids is 1. The topological polar surface area (TPSA) is 66.8 Å². The van der Waals surface area contributed by atoms with Crippen LogP contribution in [-0.2, 0) is 16.0 Å². The van der Waals surface area contributed by atoms with Crippen molar-refractivity contribution in [3.8, 4) is 5.75 Å². The van der Waals surface area contributed by atoms with E-state index in [2.05, 4.69) is 0 Å². The van der Waals surface area contributed by atoms with Gasteiger partial charge in [-0.3, -0.25) is 9.59 Å². The van der Waals surface area contributed by atoms with Crippen molar-refractivity contribution in [3.05, 3.63) is 29.8 Å². The van der Waals surface area contributed by atoms with Crippen molar-refractivity contribution in [2.45, 2.75) is 12.8 Å². The van der Waals surface area contributed by atoms with Crippen LogP contribution in [-0.4, -0.2) is 42.1 Å². The number of likely N-dealkylation sites (tertiary alicyclic amines) is 1. The van der Waals surface area contributed by atoms with Gasteiger partial charge in [0.1, 0.15) is 5.75 Å². The molecule has 2 rings (SSSR count). The summed E-state index contributed by atoms with van der Waals surface area (Å²) in [6.07, 6.45) is 0.781. The monoisotopic (exact) mass is 263 g/mol. The Morgan fingerprint density at radius 3 is 2.84 bits per heavy atom. The van der Waals surface area contributed by atoms with Crippen LogP contribution in [0.15, 0.2) is 24.3 Å². The number of rotatable bonds is 5. The van der Waals surface area contributed by atoms with Crippen LogP contribution in [0.5, 0.6) is 5.75 Å². The minimum absolute atomic E-state index is 0.0812. The number of carboxylic acid groups (broad SMARTS) is 1. The van der Waals surface area contributed by atoms with E-state index >= 15 is 0 Å². The summed E-state index contributed by atoms with van der Waals surface area (Å²) in [4.78, 5) is 24.2. The normalized spacial score (nSPS) is 18.7.